The van der Waals surface area contributed by atoms with E-state index in [1.165, 1.54) is 25.1 Å². The SMILES string of the molecule is Cc1cc2cc(c1F)[C@@H](CC(=O)O)NC(=O)[C@H](n1cc(CCN(C)C)c(C(F)(F)F)cc1=O)c1cccc(c1)Oc1cccc(C)c1-2. The van der Waals surface area contributed by atoms with Crippen molar-refractivity contribution in [2.75, 3.05) is 20.6 Å². The molecular weight excluding hydrogens is 618 g/mol. The van der Waals surface area contributed by atoms with Gasteiger partial charge in [-0.3, -0.25) is 19.0 Å². The quantitative estimate of drug-likeness (QED) is 0.234. The van der Waals surface area contributed by atoms with Crippen molar-refractivity contribution in [3.05, 3.63) is 116 Å². The highest BCUT2D eigenvalue weighted by molar-refractivity contribution is 5.85. The highest BCUT2D eigenvalue weighted by atomic mass is 19.4. The summed E-state index contributed by atoms with van der Waals surface area (Å²) < 4.78 is 65.2. The van der Waals surface area contributed by atoms with Crippen LogP contribution < -0.4 is 15.6 Å². The summed E-state index contributed by atoms with van der Waals surface area (Å²) in [6.45, 7) is 3.57. The van der Waals surface area contributed by atoms with Crippen LogP contribution >= 0.6 is 0 Å². The van der Waals surface area contributed by atoms with Crippen molar-refractivity contribution in [3.8, 4) is 22.6 Å². The summed E-state index contributed by atoms with van der Waals surface area (Å²) in [6.07, 6.45) is -4.62. The average Bonchev–Trinajstić information content (AvgIpc) is 2.98. The normalized spacial score (nSPS) is 16.3. The number of nitrogens with one attached hydrogen (secondary N) is 1. The molecule has 0 fully saturated rings. The second-order valence-electron chi connectivity index (χ2n) is 11.9. The molecule has 1 aliphatic rings. The number of carbonyl (C=O) groups excluding carboxylic acids is 1. The van der Waals surface area contributed by atoms with Gasteiger partial charge in [0.2, 0.25) is 5.91 Å². The monoisotopic (exact) mass is 651 g/mol. The molecule has 8 nitrogen and oxygen atoms in total. The summed E-state index contributed by atoms with van der Waals surface area (Å²) in [5, 5.41) is 12.4. The fraction of sp³-hybridized carbons (Fsp3) is 0.286. The number of carboxylic acids is 1. The number of benzene rings is 3. The Morgan fingerprint density at radius 1 is 1.02 bits per heavy atom. The maximum Gasteiger partial charge on any atom is 0.416 e. The number of fused-ring (bicyclic) bond motifs is 6. The van der Waals surface area contributed by atoms with Gasteiger partial charge in [0.05, 0.1) is 18.0 Å². The third-order valence-corrected chi connectivity index (χ3v) is 8.10. The number of nitrogens with zero attached hydrogens (tertiary/aromatic N) is 2. The van der Waals surface area contributed by atoms with Crippen molar-refractivity contribution >= 4 is 11.9 Å². The molecule has 2 atom stereocenters. The third-order valence-electron chi connectivity index (χ3n) is 8.10. The Morgan fingerprint density at radius 2 is 1.74 bits per heavy atom. The molecule has 2 heterocycles. The number of aromatic nitrogens is 1. The van der Waals surface area contributed by atoms with Crippen LogP contribution in [0.5, 0.6) is 11.5 Å². The summed E-state index contributed by atoms with van der Waals surface area (Å²) in [4.78, 5) is 41.4. The minimum absolute atomic E-state index is 0.0886. The number of halogens is 4. The van der Waals surface area contributed by atoms with E-state index in [9.17, 15) is 32.7 Å². The Bertz CT molecular complexity index is 1920. The summed E-state index contributed by atoms with van der Waals surface area (Å²) in [7, 11) is 3.38. The van der Waals surface area contributed by atoms with Gasteiger partial charge in [-0.15, -0.1) is 0 Å². The van der Waals surface area contributed by atoms with Gasteiger partial charge in [-0.1, -0.05) is 24.3 Å². The molecule has 0 radical (unpaired) electrons. The lowest BCUT2D eigenvalue weighted by molar-refractivity contribution is -0.139. The van der Waals surface area contributed by atoms with Crippen molar-refractivity contribution in [2.45, 2.75) is 44.9 Å². The van der Waals surface area contributed by atoms with E-state index in [1.54, 1.807) is 49.3 Å². The van der Waals surface area contributed by atoms with Crippen LogP contribution in [0.2, 0.25) is 0 Å². The van der Waals surface area contributed by atoms with Gasteiger partial charge >= 0.3 is 12.1 Å². The van der Waals surface area contributed by atoms with E-state index in [0.29, 0.717) is 22.9 Å². The van der Waals surface area contributed by atoms with E-state index in [0.717, 1.165) is 16.3 Å². The Hall–Kier alpha value is -4.97. The zero-order chi connectivity index (χ0) is 34.2. The molecule has 1 amide bonds. The molecule has 3 aromatic carbocycles. The minimum Gasteiger partial charge on any atom is -0.481 e. The number of rotatable bonds is 6. The zero-order valence-corrected chi connectivity index (χ0v) is 26.1. The molecule has 0 unspecified atom stereocenters. The van der Waals surface area contributed by atoms with Gasteiger partial charge in [-0.2, -0.15) is 13.2 Å². The molecule has 12 heteroatoms. The van der Waals surface area contributed by atoms with Crippen molar-refractivity contribution < 1.29 is 37.0 Å². The van der Waals surface area contributed by atoms with E-state index < -0.39 is 53.5 Å². The van der Waals surface area contributed by atoms with Gasteiger partial charge in [0.1, 0.15) is 23.4 Å². The summed E-state index contributed by atoms with van der Waals surface area (Å²) in [5.41, 5.74) is -0.274. The maximum atomic E-state index is 15.8. The predicted octanol–water partition coefficient (Wildman–Crippen LogP) is 6.42. The van der Waals surface area contributed by atoms with E-state index >= 15 is 4.39 Å². The Morgan fingerprint density at radius 3 is 2.43 bits per heavy atom. The van der Waals surface area contributed by atoms with Gasteiger partial charge < -0.3 is 20.1 Å². The third kappa shape index (κ3) is 7.07. The van der Waals surface area contributed by atoms with Crippen LogP contribution in [0.3, 0.4) is 0 Å². The number of aryl methyl sites for hydroxylation is 2. The number of pyridine rings is 1. The molecule has 1 aromatic heterocycles. The lowest BCUT2D eigenvalue weighted by atomic mass is 9.92. The highest BCUT2D eigenvalue weighted by Gasteiger charge is 2.36. The number of alkyl halides is 3. The first-order valence-electron chi connectivity index (χ1n) is 14.8. The number of hydrogen-bond acceptors (Lipinski definition) is 5. The highest BCUT2D eigenvalue weighted by Crippen LogP contribution is 2.40. The van der Waals surface area contributed by atoms with Gasteiger partial charge in [-0.25, -0.2) is 4.39 Å². The number of aliphatic carboxylic acids is 1. The van der Waals surface area contributed by atoms with E-state index in [1.807, 2.05) is 13.0 Å². The van der Waals surface area contributed by atoms with Crippen LogP contribution in [0.15, 0.2) is 71.7 Å². The first kappa shape index (κ1) is 33.4. The summed E-state index contributed by atoms with van der Waals surface area (Å²) >= 11 is 0. The Kier molecular flexibility index (Phi) is 9.26. The van der Waals surface area contributed by atoms with Crippen LogP contribution in [0, 0.1) is 19.7 Å². The standard InChI is InChI=1S/C35H33F4N3O5/c1-19-7-5-10-28-31(19)23-13-20(2)32(36)25(15-23)27(17-30(44)45)40-34(46)33(21-8-6-9-24(14-21)47-28)42-18-22(11-12-41(3)4)26(16-29(42)43)35(37,38)39/h5-10,13-16,18,27,33H,11-12,17H2,1-4H3,(H,40,46)(H,44,45)/t27-,33-/m1/s1. The van der Waals surface area contributed by atoms with Crippen molar-refractivity contribution in [2.24, 2.45) is 0 Å². The minimum atomic E-state index is -4.83. The van der Waals surface area contributed by atoms with Crippen molar-refractivity contribution in [1.29, 1.82) is 0 Å². The molecule has 246 valence electrons. The molecule has 0 saturated heterocycles. The summed E-state index contributed by atoms with van der Waals surface area (Å²) in [5.74, 6) is -2.34. The topological polar surface area (TPSA) is 101 Å². The van der Waals surface area contributed by atoms with Gasteiger partial charge in [0, 0.05) is 29.9 Å². The van der Waals surface area contributed by atoms with Crippen LogP contribution in [0.25, 0.3) is 11.1 Å². The molecule has 4 aromatic rings. The molecule has 4 bridgehead atoms. The van der Waals surface area contributed by atoms with E-state index in [2.05, 4.69) is 5.32 Å². The lowest BCUT2D eigenvalue weighted by Crippen LogP contribution is -2.41. The van der Waals surface area contributed by atoms with E-state index in [4.69, 9.17) is 4.74 Å². The van der Waals surface area contributed by atoms with Crippen LogP contribution in [0.1, 0.15) is 51.9 Å². The molecule has 0 saturated carbocycles. The smallest absolute Gasteiger partial charge is 0.416 e. The number of carboxylic acid groups (broad SMARTS) is 1. The number of hydrogen-bond donors (Lipinski definition) is 2. The van der Waals surface area contributed by atoms with Gasteiger partial charge in [0.15, 0.2) is 0 Å². The van der Waals surface area contributed by atoms with Gasteiger partial charge in [0.25, 0.3) is 5.56 Å². The average molecular weight is 652 g/mol. The molecule has 47 heavy (non-hydrogen) atoms. The van der Waals surface area contributed by atoms with Crippen LogP contribution in [-0.2, 0) is 22.2 Å². The maximum absolute atomic E-state index is 15.8. The predicted molar refractivity (Wildman–Crippen MR) is 167 cm³/mol. The second-order valence-corrected chi connectivity index (χ2v) is 11.9. The van der Waals surface area contributed by atoms with Crippen molar-refractivity contribution in [1.82, 2.24) is 14.8 Å². The van der Waals surface area contributed by atoms with Gasteiger partial charge in [-0.05, 0) is 92.5 Å². The van der Waals surface area contributed by atoms with Crippen LogP contribution in [0.4, 0.5) is 17.6 Å². The molecular formula is C35H33F4N3O5. The number of ether oxygens (including phenoxy) is 1. The lowest BCUT2D eigenvalue weighted by Gasteiger charge is -2.26. The fourth-order valence-electron chi connectivity index (χ4n) is 5.87. The first-order valence-corrected chi connectivity index (χ1v) is 14.8. The molecule has 2 N–H and O–H groups in total. The number of carbonyl (C=O) groups is 2. The van der Waals surface area contributed by atoms with Crippen LogP contribution in [-0.4, -0.2) is 47.1 Å². The molecule has 1 aliphatic heterocycles. The summed E-state index contributed by atoms with van der Waals surface area (Å²) in [6, 6.07) is 12.0. The van der Waals surface area contributed by atoms with Crippen molar-refractivity contribution in [3.63, 3.8) is 0 Å². The second kappa shape index (κ2) is 13.0. The molecule has 5 rings (SSSR count). The van der Waals surface area contributed by atoms with E-state index in [-0.39, 0.29) is 41.0 Å². The number of amides is 1. The number of likely N-dealkylation sites (N-methyl/N-ethyl adjacent to an activating group) is 1. The molecule has 0 aliphatic carbocycles. The fourth-order valence-corrected chi connectivity index (χ4v) is 5.87. The zero-order valence-electron chi connectivity index (χ0n) is 26.1. The Labute approximate surface area is 268 Å². The largest absolute Gasteiger partial charge is 0.481 e. The Balaban J connectivity index is 1.79. The molecule has 0 spiro atoms. The first-order chi connectivity index (χ1) is 22.1.